The maximum absolute atomic E-state index is 13.0. The number of nitrogens with one attached hydrogen (secondary N) is 1. The molecule has 2 aromatic carbocycles. The average molecular weight is 527 g/mol. The summed E-state index contributed by atoms with van der Waals surface area (Å²) in [5, 5.41) is 3.35. The Morgan fingerprint density at radius 1 is 1.20 bits per heavy atom. The number of halogens is 2. The fourth-order valence-electron chi connectivity index (χ4n) is 3.44. The molecule has 1 aliphatic heterocycles. The number of nitrogens with zero attached hydrogens (tertiary/aromatic N) is 2. The van der Waals surface area contributed by atoms with Gasteiger partial charge in [-0.3, -0.25) is 4.99 Å². The Hall–Kier alpha value is -1.87. The van der Waals surface area contributed by atoms with Gasteiger partial charge in [-0.2, -0.15) is 0 Å². The average Bonchev–Trinajstić information content (AvgIpc) is 3.21. The molecule has 1 fully saturated rings. The molecule has 1 aliphatic rings. The highest BCUT2D eigenvalue weighted by Gasteiger charge is 2.29. The van der Waals surface area contributed by atoms with Gasteiger partial charge in [0, 0.05) is 32.7 Å². The van der Waals surface area contributed by atoms with Crippen LogP contribution in [0.15, 0.2) is 59.6 Å². The van der Waals surface area contributed by atoms with Gasteiger partial charge in [0.05, 0.1) is 12.6 Å². The molecule has 0 bridgehead atoms. The van der Waals surface area contributed by atoms with Crippen LogP contribution >= 0.6 is 24.0 Å². The molecule has 1 N–H and O–H groups in total. The van der Waals surface area contributed by atoms with Gasteiger partial charge in [0.15, 0.2) is 5.96 Å². The van der Waals surface area contributed by atoms with Crippen molar-refractivity contribution in [3.05, 3.63) is 66.0 Å². The van der Waals surface area contributed by atoms with Gasteiger partial charge < -0.3 is 19.7 Å². The third-order valence-corrected chi connectivity index (χ3v) is 5.02. The molecule has 0 saturated carbocycles. The monoisotopic (exact) mass is 527 g/mol. The van der Waals surface area contributed by atoms with Crippen LogP contribution in [-0.2, 0) is 4.74 Å². The van der Waals surface area contributed by atoms with Crippen LogP contribution in [0.25, 0.3) is 0 Å². The van der Waals surface area contributed by atoms with Crippen LogP contribution in [0.1, 0.15) is 25.0 Å². The molecule has 0 aromatic heterocycles. The Balaban J connectivity index is 0.00000320. The van der Waals surface area contributed by atoms with Crippen molar-refractivity contribution in [2.24, 2.45) is 10.9 Å². The third kappa shape index (κ3) is 7.12. The predicted octanol–water partition coefficient (Wildman–Crippen LogP) is 4.50. The van der Waals surface area contributed by atoms with Gasteiger partial charge in [-0.15, -0.1) is 24.0 Å². The lowest BCUT2D eigenvalue weighted by Crippen LogP contribution is -2.41. The Bertz CT molecular complexity index is 774. The van der Waals surface area contributed by atoms with Crippen LogP contribution in [0.4, 0.5) is 4.39 Å². The van der Waals surface area contributed by atoms with Crippen LogP contribution in [0, 0.1) is 11.7 Å². The zero-order chi connectivity index (χ0) is 20.5. The summed E-state index contributed by atoms with van der Waals surface area (Å²) in [6, 6.07) is 16.4. The van der Waals surface area contributed by atoms with Gasteiger partial charge in [-0.05, 0) is 43.2 Å². The lowest BCUT2D eigenvalue weighted by Gasteiger charge is -2.23. The maximum atomic E-state index is 13.0. The summed E-state index contributed by atoms with van der Waals surface area (Å²) < 4.78 is 24.7. The smallest absolute Gasteiger partial charge is 0.193 e. The number of guanidine groups is 1. The summed E-state index contributed by atoms with van der Waals surface area (Å²) in [4.78, 5) is 6.91. The molecular formula is C23H31FIN3O2. The maximum Gasteiger partial charge on any atom is 0.193 e. The Kier molecular flexibility index (Phi) is 10.4. The quantitative estimate of drug-likeness (QED) is 0.312. The summed E-state index contributed by atoms with van der Waals surface area (Å²) in [6.45, 7) is 5.51. The zero-order valence-electron chi connectivity index (χ0n) is 17.6. The van der Waals surface area contributed by atoms with Crippen molar-refractivity contribution in [3.8, 4) is 5.75 Å². The van der Waals surface area contributed by atoms with Crippen molar-refractivity contribution >= 4 is 29.9 Å². The number of aliphatic imine (C=N–C) groups is 1. The van der Waals surface area contributed by atoms with Gasteiger partial charge in [-0.25, -0.2) is 4.39 Å². The highest BCUT2D eigenvalue weighted by atomic mass is 127. The Morgan fingerprint density at radius 2 is 1.93 bits per heavy atom. The van der Waals surface area contributed by atoms with Gasteiger partial charge in [-0.1, -0.05) is 30.3 Å². The van der Waals surface area contributed by atoms with Crippen molar-refractivity contribution in [3.63, 3.8) is 0 Å². The fraction of sp³-hybridized carbons (Fsp3) is 0.435. The van der Waals surface area contributed by atoms with Gasteiger partial charge in [0.1, 0.15) is 18.2 Å². The predicted molar refractivity (Wildman–Crippen MR) is 129 cm³/mol. The molecule has 2 atom stereocenters. The Morgan fingerprint density at radius 3 is 2.63 bits per heavy atom. The number of hydrogen-bond acceptors (Lipinski definition) is 3. The van der Waals surface area contributed by atoms with E-state index in [2.05, 4.69) is 41.4 Å². The fourth-order valence-corrected chi connectivity index (χ4v) is 3.44. The van der Waals surface area contributed by atoms with Crippen molar-refractivity contribution in [2.45, 2.75) is 19.4 Å². The first-order valence-electron chi connectivity index (χ1n) is 10.2. The summed E-state index contributed by atoms with van der Waals surface area (Å²) in [7, 11) is 2.00. The minimum absolute atomic E-state index is 0. The zero-order valence-corrected chi connectivity index (χ0v) is 19.9. The number of hydrogen-bond donors (Lipinski definition) is 1. The molecule has 2 aromatic rings. The topological polar surface area (TPSA) is 46.1 Å². The molecular weight excluding hydrogens is 496 g/mol. The van der Waals surface area contributed by atoms with E-state index < -0.39 is 0 Å². The minimum Gasteiger partial charge on any atom is -0.492 e. The molecule has 1 saturated heterocycles. The molecule has 0 aliphatic carbocycles. The van der Waals surface area contributed by atoms with Crippen LogP contribution < -0.4 is 10.1 Å². The summed E-state index contributed by atoms with van der Waals surface area (Å²) in [5.74, 6) is 1.63. The van der Waals surface area contributed by atoms with Crippen LogP contribution in [-0.4, -0.2) is 50.8 Å². The Labute approximate surface area is 195 Å². The number of benzene rings is 2. The summed E-state index contributed by atoms with van der Waals surface area (Å²) in [6.07, 6.45) is 1.12. The lowest BCUT2D eigenvalue weighted by molar-refractivity contribution is 0.0925. The first kappa shape index (κ1) is 24.4. The number of likely N-dealkylation sites (N-methyl/N-ethyl adjacent to an activating group) is 1. The molecule has 0 amide bonds. The van der Waals surface area contributed by atoms with Crippen molar-refractivity contribution in [1.82, 2.24) is 10.2 Å². The number of ether oxygens (including phenoxy) is 2. The largest absolute Gasteiger partial charge is 0.492 e. The molecule has 2 unspecified atom stereocenters. The number of rotatable bonds is 8. The minimum atomic E-state index is -0.263. The van der Waals surface area contributed by atoms with E-state index in [4.69, 9.17) is 14.5 Å². The van der Waals surface area contributed by atoms with Crippen LogP contribution in [0.3, 0.4) is 0 Å². The van der Waals surface area contributed by atoms with Gasteiger partial charge in [0.2, 0.25) is 0 Å². The highest BCUT2D eigenvalue weighted by molar-refractivity contribution is 14.0. The molecule has 7 heteroatoms. The SMILES string of the molecule is CCNC(=NCC1CCOC1c1ccccc1)N(C)CCOc1ccc(F)cc1.I. The van der Waals surface area contributed by atoms with E-state index in [0.29, 0.717) is 31.4 Å². The summed E-state index contributed by atoms with van der Waals surface area (Å²) in [5.41, 5.74) is 1.22. The second-order valence-electron chi connectivity index (χ2n) is 7.17. The molecule has 164 valence electrons. The molecule has 1 heterocycles. The highest BCUT2D eigenvalue weighted by Crippen LogP contribution is 2.34. The first-order chi connectivity index (χ1) is 14.2. The second-order valence-corrected chi connectivity index (χ2v) is 7.17. The van der Waals surface area contributed by atoms with E-state index in [-0.39, 0.29) is 35.9 Å². The van der Waals surface area contributed by atoms with Gasteiger partial charge in [0.25, 0.3) is 0 Å². The van der Waals surface area contributed by atoms with E-state index in [9.17, 15) is 4.39 Å². The summed E-state index contributed by atoms with van der Waals surface area (Å²) >= 11 is 0. The first-order valence-corrected chi connectivity index (χ1v) is 10.2. The molecule has 0 radical (unpaired) electrons. The normalized spacial score (nSPS) is 18.6. The molecule has 5 nitrogen and oxygen atoms in total. The van der Waals surface area contributed by atoms with Crippen molar-refractivity contribution in [1.29, 1.82) is 0 Å². The van der Waals surface area contributed by atoms with Crippen molar-refractivity contribution < 1.29 is 13.9 Å². The van der Waals surface area contributed by atoms with Crippen LogP contribution in [0.2, 0.25) is 0 Å². The van der Waals surface area contributed by atoms with E-state index in [1.54, 1.807) is 12.1 Å². The standard InChI is InChI=1S/C23H30FN3O2.HI/c1-3-25-23(27(2)14-16-28-21-11-9-20(24)10-12-21)26-17-19-13-15-29-22(19)18-7-5-4-6-8-18;/h4-12,19,22H,3,13-17H2,1-2H3,(H,25,26);1H. The molecule has 30 heavy (non-hydrogen) atoms. The van der Waals surface area contributed by atoms with Gasteiger partial charge >= 0.3 is 0 Å². The van der Waals surface area contributed by atoms with E-state index >= 15 is 0 Å². The van der Waals surface area contributed by atoms with E-state index in [0.717, 1.165) is 25.5 Å². The third-order valence-electron chi connectivity index (χ3n) is 5.02. The van der Waals surface area contributed by atoms with Crippen LogP contribution in [0.5, 0.6) is 5.75 Å². The molecule has 0 spiro atoms. The lowest BCUT2D eigenvalue weighted by atomic mass is 9.95. The van der Waals surface area contributed by atoms with E-state index in [1.807, 2.05) is 13.1 Å². The van der Waals surface area contributed by atoms with E-state index in [1.165, 1.54) is 17.7 Å². The van der Waals surface area contributed by atoms with Crippen molar-refractivity contribution in [2.75, 3.05) is 39.9 Å². The molecule has 3 rings (SSSR count). The second kappa shape index (κ2) is 12.7.